The first-order valence-electron chi connectivity index (χ1n) is 14.5. The van der Waals surface area contributed by atoms with Crippen LogP contribution in [-0.2, 0) is 25.7 Å². The Morgan fingerprint density at radius 3 is 2.50 bits per heavy atom. The topological polar surface area (TPSA) is 106 Å². The molecule has 11 heteroatoms. The van der Waals surface area contributed by atoms with Gasteiger partial charge in [-0.25, -0.2) is 4.39 Å². The van der Waals surface area contributed by atoms with Crippen molar-refractivity contribution in [2.75, 3.05) is 76.1 Å². The molecule has 0 bridgehead atoms. The van der Waals surface area contributed by atoms with Crippen LogP contribution >= 0.6 is 0 Å². The SMILES string of the molecule is COCC(=O)NCc1cccc(C(Nc2ccc(N(C)C(=O)CN3CCN(C)CC3)cc2)=C2C(=O)Nc3cc(F)ccc32)c1. The molecule has 230 valence electrons. The van der Waals surface area contributed by atoms with E-state index >= 15 is 0 Å². The zero-order valence-corrected chi connectivity index (χ0v) is 25.2. The number of methoxy groups -OCH3 is 1. The number of rotatable bonds is 10. The van der Waals surface area contributed by atoms with Crippen molar-refractivity contribution < 1.29 is 23.5 Å². The molecule has 0 spiro atoms. The fourth-order valence-corrected chi connectivity index (χ4v) is 5.25. The third-order valence-corrected chi connectivity index (χ3v) is 7.81. The van der Waals surface area contributed by atoms with Crippen molar-refractivity contribution in [1.29, 1.82) is 0 Å². The summed E-state index contributed by atoms with van der Waals surface area (Å²) in [5, 5.41) is 8.98. The summed E-state index contributed by atoms with van der Waals surface area (Å²) in [6.07, 6.45) is 0. The molecule has 0 aliphatic carbocycles. The second-order valence-corrected chi connectivity index (χ2v) is 11.0. The smallest absolute Gasteiger partial charge is 0.258 e. The Kier molecular flexibility index (Phi) is 9.69. The fraction of sp³-hybridized carbons (Fsp3) is 0.303. The Balaban J connectivity index is 1.41. The van der Waals surface area contributed by atoms with E-state index in [0.29, 0.717) is 40.3 Å². The third kappa shape index (κ3) is 7.31. The first-order valence-corrected chi connectivity index (χ1v) is 14.5. The third-order valence-electron chi connectivity index (χ3n) is 7.81. The van der Waals surface area contributed by atoms with Gasteiger partial charge in [0.1, 0.15) is 12.4 Å². The molecule has 10 nitrogen and oxygen atoms in total. The van der Waals surface area contributed by atoms with Crippen molar-refractivity contribution in [1.82, 2.24) is 15.1 Å². The highest BCUT2D eigenvalue weighted by Crippen LogP contribution is 2.38. The van der Waals surface area contributed by atoms with E-state index in [2.05, 4.69) is 32.8 Å². The lowest BCUT2D eigenvalue weighted by Gasteiger charge is -2.32. The molecular formula is C33H37FN6O4. The first kappa shape index (κ1) is 30.9. The van der Waals surface area contributed by atoms with Gasteiger partial charge in [-0.1, -0.05) is 18.2 Å². The van der Waals surface area contributed by atoms with Crippen LogP contribution in [0.3, 0.4) is 0 Å². The molecule has 2 aliphatic heterocycles. The van der Waals surface area contributed by atoms with E-state index in [4.69, 9.17) is 4.74 Å². The van der Waals surface area contributed by atoms with Gasteiger partial charge in [-0.3, -0.25) is 19.3 Å². The quantitative estimate of drug-likeness (QED) is 0.307. The maximum atomic E-state index is 14.0. The molecule has 3 aromatic carbocycles. The zero-order chi connectivity index (χ0) is 31.2. The normalized spacial score (nSPS) is 16.2. The van der Waals surface area contributed by atoms with Crippen LogP contribution in [-0.4, -0.2) is 88.1 Å². The molecule has 3 aromatic rings. The summed E-state index contributed by atoms with van der Waals surface area (Å²) in [5.74, 6) is -1.04. The van der Waals surface area contributed by atoms with Gasteiger partial charge in [0, 0.05) is 63.8 Å². The lowest BCUT2D eigenvalue weighted by molar-refractivity contribution is -0.125. The second kappa shape index (κ2) is 13.8. The van der Waals surface area contributed by atoms with Crippen LogP contribution in [0.15, 0.2) is 66.7 Å². The Bertz CT molecular complexity index is 1570. The summed E-state index contributed by atoms with van der Waals surface area (Å²) in [7, 11) is 5.31. The summed E-state index contributed by atoms with van der Waals surface area (Å²) in [6, 6.07) is 19.1. The largest absolute Gasteiger partial charge is 0.375 e. The molecule has 0 unspecified atom stereocenters. The molecule has 1 saturated heterocycles. The Hall–Kier alpha value is -4.58. The fourth-order valence-electron chi connectivity index (χ4n) is 5.25. The highest BCUT2D eigenvalue weighted by Gasteiger charge is 2.29. The summed E-state index contributed by atoms with van der Waals surface area (Å²) >= 11 is 0. The minimum absolute atomic E-state index is 0.0129. The zero-order valence-electron chi connectivity index (χ0n) is 25.2. The molecule has 0 aromatic heterocycles. The van der Waals surface area contributed by atoms with E-state index in [0.717, 1.165) is 37.4 Å². The number of anilines is 3. The van der Waals surface area contributed by atoms with E-state index in [-0.39, 0.29) is 30.9 Å². The van der Waals surface area contributed by atoms with E-state index in [1.165, 1.54) is 19.2 Å². The van der Waals surface area contributed by atoms with Gasteiger partial charge in [-0.15, -0.1) is 0 Å². The van der Waals surface area contributed by atoms with Gasteiger partial charge in [-0.2, -0.15) is 0 Å². The molecule has 2 heterocycles. The number of nitrogens with one attached hydrogen (secondary N) is 3. The van der Waals surface area contributed by atoms with Crippen LogP contribution in [0.4, 0.5) is 21.5 Å². The van der Waals surface area contributed by atoms with Gasteiger partial charge in [-0.05, 0) is 66.7 Å². The van der Waals surface area contributed by atoms with Gasteiger partial charge < -0.3 is 30.5 Å². The van der Waals surface area contributed by atoms with Crippen molar-refractivity contribution in [3.63, 3.8) is 0 Å². The number of piperazine rings is 1. The average molecular weight is 601 g/mol. The van der Waals surface area contributed by atoms with E-state index in [1.807, 2.05) is 48.5 Å². The summed E-state index contributed by atoms with van der Waals surface area (Å²) < 4.78 is 18.9. The van der Waals surface area contributed by atoms with E-state index in [1.54, 1.807) is 18.0 Å². The number of hydrogen-bond acceptors (Lipinski definition) is 7. The molecule has 44 heavy (non-hydrogen) atoms. The van der Waals surface area contributed by atoms with Crippen LogP contribution in [0, 0.1) is 5.82 Å². The number of hydrogen-bond donors (Lipinski definition) is 3. The second-order valence-electron chi connectivity index (χ2n) is 11.0. The number of carbonyl (C=O) groups excluding carboxylic acids is 3. The van der Waals surface area contributed by atoms with E-state index < -0.39 is 5.82 Å². The number of likely N-dealkylation sites (N-methyl/N-ethyl adjacent to an activating group) is 2. The Labute approximate surface area is 256 Å². The molecule has 1 fully saturated rings. The standard InChI is InChI=1S/C33H37FN6O4/c1-38-13-15-40(16-14-38)20-30(42)39(2)26-10-8-25(9-11-26)36-32(31-27-12-7-24(34)18-28(27)37-33(31)43)23-6-4-5-22(17-23)19-35-29(41)21-44-3/h4-12,17-18,36H,13-16,19-21H2,1-3H3,(H,35,41)(H,37,43). The van der Waals surface area contributed by atoms with Crippen molar-refractivity contribution in [2.45, 2.75) is 6.54 Å². The van der Waals surface area contributed by atoms with Gasteiger partial charge in [0.2, 0.25) is 11.8 Å². The van der Waals surface area contributed by atoms with Crippen LogP contribution in [0.5, 0.6) is 0 Å². The molecule has 3 amide bonds. The number of benzene rings is 3. The van der Waals surface area contributed by atoms with Crippen molar-refractivity contribution in [3.8, 4) is 0 Å². The molecule has 2 aliphatic rings. The minimum atomic E-state index is -0.449. The summed E-state index contributed by atoms with van der Waals surface area (Å²) in [4.78, 5) is 44.3. The van der Waals surface area contributed by atoms with Crippen molar-refractivity contribution in [3.05, 3.63) is 89.2 Å². The van der Waals surface area contributed by atoms with Gasteiger partial charge in [0.05, 0.1) is 23.5 Å². The Morgan fingerprint density at radius 2 is 1.77 bits per heavy atom. The number of carbonyl (C=O) groups is 3. The molecule has 0 saturated carbocycles. The molecular weight excluding hydrogens is 563 g/mol. The predicted molar refractivity (Wildman–Crippen MR) is 169 cm³/mol. The lowest BCUT2D eigenvalue weighted by atomic mass is 9.98. The highest BCUT2D eigenvalue weighted by atomic mass is 19.1. The Morgan fingerprint density at radius 1 is 1.02 bits per heavy atom. The number of nitrogens with zero attached hydrogens (tertiary/aromatic N) is 3. The molecule has 0 radical (unpaired) electrons. The predicted octanol–water partition coefficient (Wildman–Crippen LogP) is 3.23. The van der Waals surface area contributed by atoms with Crippen LogP contribution in [0.25, 0.3) is 11.3 Å². The average Bonchev–Trinajstić information content (AvgIpc) is 3.34. The monoisotopic (exact) mass is 600 g/mol. The van der Waals surface area contributed by atoms with Gasteiger partial charge >= 0.3 is 0 Å². The van der Waals surface area contributed by atoms with Crippen LogP contribution < -0.4 is 20.9 Å². The minimum Gasteiger partial charge on any atom is -0.375 e. The van der Waals surface area contributed by atoms with Crippen LogP contribution in [0.1, 0.15) is 16.7 Å². The summed E-state index contributed by atoms with van der Waals surface area (Å²) in [6.45, 7) is 4.20. The maximum absolute atomic E-state index is 14.0. The van der Waals surface area contributed by atoms with Gasteiger partial charge in [0.15, 0.2) is 0 Å². The molecule has 0 atom stereocenters. The highest BCUT2D eigenvalue weighted by molar-refractivity contribution is 6.37. The number of halogens is 1. The van der Waals surface area contributed by atoms with Crippen molar-refractivity contribution >= 4 is 46.1 Å². The van der Waals surface area contributed by atoms with Crippen LogP contribution in [0.2, 0.25) is 0 Å². The van der Waals surface area contributed by atoms with Crippen molar-refractivity contribution in [2.24, 2.45) is 0 Å². The van der Waals surface area contributed by atoms with E-state index in [9.17, 15) is 18.8 Å². The molecule has 5 rings (SSSR count). The number of fused-ring (bicyclic) bond motifs is 1. The summed E-state index contributed by atoms with van der Waals surface area (Å²) in [5.41, 5.74) is 4.81. The lowest BCUT2D eigenvalue weighted by Crippen LogP contribution is -2.48. The molecule has 3 N–H and O–H groups in total. The number of amides is 3. The number of ether oxygens (including phenoxy) is 1. The van der Waals surface area contributed by atoms with Gasteiger partial charge in [0.25, 0.3) is 5.91 Å². The first-order chi connectivity index (χ1) is 21.2. The maximum Gasteiger partial charge on any atom is 0.258 e.